The Bertz CT molecular complexity index is 1150. The van der Waals surface area contributed by atoms with Crippen molar-refractivity contribution in [2.45, 2.75) is 11.6 Å². The third-order valence-corrected chi connectivity index (χ3v) is 5.16. The molecule has 0 bridgehead atoms. The van der Waals surface area contributed by atoms with Gasteiger partial charge in [-0.25, -0.2) is 13.5 Å². The lowest BCUT2D eigenvalue weighted by molar-refractivity contribution is -0.113. The largest absolute Gasteiger partial charge is 0.323 e. The average Bonchev–Trinajstić information content (AvgIpc) is 3.39. The van der Waals surface area contributed by atoms with E-state index in [4.69, 9.17) is 0 Å². The number of carbonyl (C=O) groups is 1. The van der Waals surface area contributed by atoms with Gasteiger partial charge >= 0.3 is 0 Å². The number of benzene rings is 2. The van der Waals surface area contributed by atoms with E-state index in [1.165, 1.54) is 17.8 Å². The highest BCUT2D eigenvalue weighted by Gasteiger charge is 2.16. The Balaban J connectivity index is 1.50. The van der Waals surface area contributed by atoms with Gasteiger partial charge in [0.05, 0.1) is 11.4 Å². The van der Waals surface area contributed by atoms with Crippen LogP contribution in [-0.4, -0.2) is 31.2 Å². The topological polar surface area (TPSA) is 64.7 Å². The number of hydrogen-bond acceptors (Lipinski definition) is 4. The van der Waals surface area contributed by atoms with E-state index in [0.29, 0.717) is 17.4 Å². The molecule has 0 saturated carbocycles. The summed E-state index contributed by atoms with van der Waals surface area (Å²) in [6, 6.07) is 16.6. The van der Waals surface area contributed by atoms with Crippen LogP contribution in [0.2, 0.25) is 0 Å². The first-order valence-corrected chi connectivity index (χ1v) is 10.1. The second-order valence-corrected chi connectivity index (χ2v) is 7.34. The first-order valence-electron chi connectivity index (χ1n) is 9.10. The normalized spacial score (nSPS) is 10.9. The highest BCUT2D eigenvalue weighted by atomic mass is 32.2. The molecule has 30 heavy (non-hydrogen) atoms. The molecular formula is C21H17F2N5OS. The van der Waals surface area contributed by atoms with E-state index in [2.05, 4.69) is 15.5 Å². The number of hydrogen-bond donors (Lipinski definition) is 1. The van der Waals surface area contributed by atoms with Crippen LogP contribution in [0.3, 0.4) is 0 Å². The minimum atomic E-state index is -0.825. The molecule has 152 valence electrons. The summed E-state index contributed by atoms with van der Waals surface area (Å²) < 4.78 is 30.4. The smallest absolute Gasteiger partial charge is 0.234 e. The number of nitrogens with zero attached hydrogens (tertiary/aromatic N) is 4. The molecule has 0 unspecified atom stereocenters. The van der Waals surface area contributed by atoms with E-state index in [0.717, 1.165) is 17.7 Å². The number of nitrogens with one attached hydrogen (secondary N) is 1. The molecule has 0 spiro atoms. The summed E-state index contributed by atoms with van der Waals surface area (Å²) in [4.78, 5) is 12.3. The molecule has 4 aromatic rings. The lowest BCUT2D eigenvalue weighted by Crippen LogP contribution is -2.17. The van der Waals surface area contributed by atoms with Crippen molar-refractivity contribution in [1.29, 1.82) is 0 Å². The Morgan fingerprint density at radius 3 is 2.50 bits per heavy atom. The summed E-state index contributed by atoms with van der Waals surface area (Å²) in [5, 5.41) is 11.5. The molecule has 9 heteroatoms. The van der Waals surface area contributed by atoms with Crippen LogP contribution in [-0.2, 0) is 11.2 Å². The molecule has 2 aromatic heterocycles. The summed E-state index contributed by atoms with van der Waals surface area (Å²) in [7, 11) is 0. The monoisotopic (exact) mass is 425 g/mol. The summed E-state index contributed by atoms with van der Waals surface area (Å²) in [5.41, 5.74) is 1.01. The van der Waals surface area contributed by atoms with Gasteiger partial charge in [-0.15, -0.1) is 10.2 Å². The first kappa shape index (κ1) is 19.8. The number of halogens is 2. The molecule has 1 N–H and O–H groups in total. The van der Waals surface area contributed by atoms with Crippen LogP contribution in [0.25, 0.3) is 0 Å². The fourth-order valence-electron chi connectivity index (χ4n) is 2.87. The zero-order valence-electron chi connectivity index (χ0n) is 15.7. The van der Waals surface area contributed by atoms with Gasteiger partial charge in [0.2, 0.25) is 11.1 Å². The molecule has 2 aromatic carbocycles. The van der Waals surface area contributed by atoms with Gasteiger partial charge in [-0.3, -0.25) is 9.47 Å². The van der Waals surface area contributed by atoms with Crippen LogP contribution >= 0.6 is 11.8 Å². The number of thioether (sulfide) groups is 1. The molecule has 0 saturated heterocycles. The van der Waals surface area contributed by atoms with E-state index in [1.807, 2.05) is 64.2 Å². The molecule has 0 radical (unpaired) electrons. The summed E-state index contributed by atoms with van der Waals surface area (Å²) in [5.74, 6) is -1.26. The summed E-state index contributed by atoms with van der Waals surface area (Å²) in [6.45, 7) is 0. The van der Waals surface area contributed by atoms with Gasteiger partial charge in [0.15, 0.2) is 5.82 Å². The second-order valence-electron chi connectivity index (χ2n) is 6.40. The molecule has 2 heterocycles. The van der Waals surface area contributed by atoms with Gasteiger partial charge in [-0.05, 0) is 29.8 Å². The van der Waals surface area contributed by atoms with Gasteiger partial charge in [0.1, 0.15) is 11.6 Å². The van der Waals surface area contributed by atoms with Crippen molar-refractivity contribution < 1.29 is 13.6 Å². The number of anilines is 1. The summed E-state index contributed by atoms with van der Waals surface area (Å²) in [6.07, 6.45) is 4.28. The minimum Gasteiger partial charge on any atom is -0.323 e. The van der Waals surface area contributed by atoms with Crippen LogP contribution in [0.4, 0.5) is 14.5 Å². The number of aromatic nitrogens is 4. The molecule has 4 rings (SSSR count). The molecular weight excluding hydrogens is 408 g/mol. The molecule has 0 aliphatic rings. The Morgan fingerprint density at radius 1 is 1.00 bits per heavy atom. The van der Waals surface area contributed by atoms with Crippen molar-refractivity contribution >= 4 is 23.4 Å². The Hall–Kier alpha value is -3.46. The zero-order valence-corrected chi connectivity index (χ0v) is 16.5. The number of rotatable bonds is 7. The van der Waals surface area contributed by atoms with E-state index >= 15 is 0 Å². The Kier molecular flexibility index (Phi) is 5.89. The van der Waals surface area contributed by atoms with Gasteiger partial charge in [-0.1, -0.05) is 42.1 Å². The molecule has 0 aliphatic carbocycles. The number of amides is 1. The predicted molar refractivity (Wildman–Crippen MR) is 110 cm³/mol. The fourth-order valence-corrected chi connectivity index (χ4v) is 3.63. The summed E-state index contributed by atoms with van der Waals surface area (Å²) >= 11 is 1.17. The van der Waals surface area contributed by atoms with Crippen molar-refractivity contribution in [3.8, 4) is 0 Å². The fraction of sp³-hybridized carbons (Fsp3) is 0.0952. The van der Waals surface area contributed by atoms with Crippen molar-refractivity contribution in [2.75, 3.05) is 11.1 Å². The van der Waals surface area contributed by atoms with Gasteiger partial charge in [0, 0.05) is 24.9 Å². The van der Waals surface area contributed by atoms with Gasteiger partial charge in [0.25, 0.3) is 0 Å². The van der Waals surface area contributed by atoms with Crippen molar-refractivity contribution in [2.24, 2.45) is 0 Å². The van der Waals surface area contributed by atoms with Gasteiger partial charge < -0.3 is 5.32 Å². The molecule has 0 atom stereocenters. The first-order chi connectivity index (χ1) is 14.6. The van der Waals surface area contributed by atoms with E-state index in [9.17, 15) is 13.6 Å². The molecule has 1 amide bonds. The van der Waals surface area contributed by atoms with Crippen molar-refractivity contribution in [3.05, 3.63) is 96.1 Å². The molecule has 6 nitrogen and oxygen atoms in total. The standard InChI is InChI=1S/C21H17F2N5OS/c22-16-8-9-18(17(23)13-16)24-20(29)14-30-21-26-25-19(12-15-6-2-1-3-7-15)28(21)27-10-4-5-11-27/h1-11,13H,12,14H2,(H,24,29). The van der Waals surface area contributed by atoms with Crippen LogP contribution in [0.5, 0.6) is 0 Å². The quantitative estimate of drug-likeness (QED) is 0.455. The van der Waals surface area contributed by atoms with Crippen LogP contribution in [0, 0.1) is 11.6 Å². The highest BCUT2D eigenvalue weighted by molar-refractivity contribution is 7.99. The van der Waals surface area contributed by atoms with Crippen LogP contribution in [0.1, 0.15) is 11.4 Å². The maximum Gasteiger partial charge on any atom is 0.234 e. The molecule has 0 fully saturated rings. The third-order valence-electron chi connectivity index (χ3n) is 4.24. The van der Waals surface area contributed by atoms with Crippen molar-refractivity contribution in [1.82, 2.24) is 19.5 Å². The number of carbonyl (C=O) groups excluding carboxylic acids is 1. The van der Waals surface area contributed by atoms with Crippen LogP contribution in [0.15, 0.2) is 78.2 Å². The van der Waals surface area contributed by atoms with E-state index in [1.54, 1.807) is 0 Å². The van der Waals surface area contributed by atoms with Crippen molar-refractivity contribution in [3.63, 3.8) is 0 Å². The van der Waals surface area contributed by atoms with Gasteiger partial charge in [-0.2, -0.15) is 0 Å². The highest BCUT2D eigenvalue weighted by Crippen LogP contribution is 2.21. The Morgan fingerprint density at radius 2 is 1.77 bits per heavy atom. The van der Waals surface area contributed by atoms with E-state index < -0.39 is 17.5 Å². The zero-order chi connectivity index (χ0) is 20.9. The maximum absolute atomic E-state index is 13.7. The minimum absolute atomic E-state index is 0.0123. The third kappa shape index (κ3) is 4.57. The second kappa shape index (κ2) is 8.91. The average molecular weight is 425 g/mol. The van der Waals surface area contributed by atoms with E-state index in [-0.39, 0.29) is 11.4 Å². The molecule has 0 aliphatic heterocycles. The lowest BCUT2D eigenvalue weighted by atomic mass is 10.1. The Labute approximate surface area is 175 Å². The maximum atomic E-state index is 13.7. The predicted octanol–water partition coefficient (Wildman–Crippen LogP) is 3.99. The SMILES string of the molecule is O=C(CSc1nnc(Cc2ccccc2)n1-n1cccc1)Nc1ccc(F)cc1F. The lowest BCUT2D eigenvalue weighted by Gasteiger charge is -2.11. The van der Waals surface area contributed by atoms with Crippen LogP contribution < -0.4 is 5.32 Å².